The first kappa shape index (κ1) is 16.1. The molecule has 4 heteroatoms. The second-order valence-corrected chi connectivity index (χ2v) is 7.98. The van der Waals surface area contributed by atoms with Crippen LogP contribution < -0.4 is 5.32 Å². The quantitative estimate of drug-likeness (QED) is 0.715. The van der Waals surface area contributed by atoms with E-state index < -0.39 is 0 Å². The summed E-state index contributed by atoms with van der Waals surface area (Å²) < 4.78 is 2.13. The van der Waals surface area contributed by atoms with Crippen LogP contribution in [0.3, 0.4) is 0 Å². The molecule has 1 saturated carbocycles. The third-order valence-electron chi connectivity index (χ3n) is 4.97. The number of nitrogens with zero attached hydrogens (tertiary/aromatic N) is 3. The number of hydrogen-bond donors (Lipinski definition) is 1. The Balaban J connectivity index is 1.92. The lowest BCUT2D eigenvalue weighted by atomic mass is 10.1. The molecule has 1 fully saturated rings. The first-order valence-electron chi connectivity index (χ1n) is 9.24. The topological polar surface area (TPSA) is 42.7 Å². The minimum absolute atomic E-state index is 0.0860. The van der Waals surface area contributed by atoms with Crippen molar-refractivity contribution in [2.24, 2.45) is 0 Å². The summed E-state index contributed by atoms with van der Waals surface area (Å²) in [7, 11) is 0. The van der Waals surface area contributed by atoms with Gasteiger partial charge in [0, 0.05) is 17.8 Å². The molecule has 2 heterocycles. The maximum Gasteiger partial charge on any atom is 0.137 e. The molecule has 0 saturated heterocycles. The molecule has 2 aromatic heterocycles. The van der Waals surface area contributed by atoms with Crippen molar-refractivity contribution in [1.29, 1.82) is 0 Å². The Kier molecular flexibility index (Phi) is 3.98. The van der Waals surface area contributed by atoms with Crippen molar-refractivity contribution in [3.63, 3.8) is 0 Å². The minimum atomic E-state index is -0.0860. The Morgan fingerprint density at radius 2 is 1.76 bits per heavy atom. The SMILES string of the molecule is CC(C)(C)n1nc(-c2ccccc2)c2c(NC3CCCC3)nccc21. The van der Waals surface area contributed by atoms with Crippen molar-refractivity contribution in [1.82, 2.24) is 14.8 Å². The Morgan fingerprint density at radius 3 is 2.44 bits per heavy atom. The summed E-state index contributed by atoms with van der Waals surface area (Å²) in [5.41, 5.74) is 3.20. The van der Waals surface area contributed by atoms with Crippen LogP contribution >= 0.6 is 0 Å². The Morgan fingerprint density at radius 1 is 1.04 bits per heavy atom. The van der Waals surface area contributed by atoms with Gasteiger partial charge in [-0.1, -0.05) is 43.2 Å². The number of aromatic nitrogens is 3. The van der Waals surface area contributed by atoms with Crippen LogP contribution in [0.4, 0.5) is 5.82 Å². The molecule has 3 aromatic rings. The van der Waals surface area contributed by atoms with Crippen molar-refractivity contribution in [3.8, 4) is 11.3 Å². The highest BCUT2D eigenvalue weighted by Gasteiger charge is 2.24. The van der Waals surface area contributed by atoms with Crippen LogP contribution in [0.25, 0.3) is 22.2 Å². The van der Waals surface area contributed by atoms with Gasteiger partial charge in [0.05, 0.1) is 16.4 Å². The van der Waals surface area contributed by atoms with Crippen molar-refractivity contribution in [2.45, 2.75) is 58.0 Å². The minimum Gasteiger partial charge on any atom is -0.367 e. The average Bonchev–Trinajstić information content (AvgIpc) is 3.23. The molecule has 0 atom stereocenters. The van der Waals surface area contributed by atoms with E-state index >= 15 is 0 Å². The third kappa shape index (κ3) is 3.01. The Labute approximate surface area is 149 Å². The first-order chi connectivity index (χ1) is 12.0. The van der Waals surface area contributed by atoms with Crippen molar-refractivity contribution in [3.05, 3.63) is 42.6 Å². The Bertz CT molecular complexity index is 868. The third-order valence-corrected chi connectivity index (χ3v) is 4.97. The zero-order valence-corrected chi connectivity index (χ0v) is 15.3. The van der Waals surface area contributed by atoms with Gasteiger partial charge in [-0.05, 0) is 39.7 Å². The number of rotatable bonds is 3. The van der Waals surface area contributed by atoms with Gasteiger partial charge < -0.3 is 5.32 Å². The van der Waals surface area contributed by atoms with Crippen LogP contribution in [-0.2, 0) is 5.54 Å². The van der Waals surface area contributed by atoms with Gasteiger partial charge >= 0.3 is 0 Å². The molecule has 0 radical (unpaired) electrons. The van der Waals surface area contributed by atoms with E-state index in [2.05, 4.69) is 66.1 Å². The van der Waals surface area contributed by atoms with E-state index in [0.717, 1.165) is 28.0 Å². The number of pyridine rings is 1. The fourth-order valence-corrected chi connectivity index (χ4v) is 3.75. The van der Waals surface area contributed by atoms with Gasteiger partial charge in [-0.3, -0.25) is 4.68 Å². The van der Waals surface area contributed by atoms with Gasteiger partial charge in [-0.2, -0.15) is 5.10 Å². The van der Waals surface area contributed by atoms with E-state index in [0.29, 0.717) is 6.04 Å². The van der Waals surface area contributed by atoms with Gasteiger partial charge in [0.1, 0.15) is 11.5 Å². The number of hydrogen-bond acceptors (Lipinski definition) is 3. The van der Waals surface area contributed by atoms with Crippen LogP contribution in [0.2, 0.25) is 0 Å². The van der Waals surface area contributed by atoms with E-state index in [9.17, 15) is 0 Å². The number of anilines is 1. The normalized spacial score (nSPS) is 15.8. The fraction of sp³-hybridized carbons (Fsp3) is 0.429. The van der Waals surface area contributed by atoms with Crippen LogP contribution in [-0.4, -0.2) is 20.8 Å². The first-order valence-corrected chi connectivity index (χ1v) is 9.24. The predicted octanol–water partition coefficient (Wildman–Crippen LogP) is 5.21. The molecular weight excluding hydrogens is 308 g/mol. The maximum atomic E-state index is 5.00. The summed E-state index contributed by atoms with van der Waals surface area (Å²) in [6.07, 6.45) is 6.97. The van der Waals surface area contributed by atoms with E-state index in [1.165, 1.54) is 25.7 Å². The lowest BCUT2D eigenvalue weighted by Gasteiger charge is -2.20. The summed E-state index contributed by atoms with van der Waals surface area (Å²) in [4.78, 5) is 4.69. The molecular formula is C21H26N4. The van der Waals surface area contributed by atoms with Crippen molar-refractivity contribution >= 4 is 16.7 Å². The monoisotopic (exact) mass is 334 g/mol. The molecule has 0 unspecified atom stereocenters. The van der Waals surface area contributed by atoms with Crippen LogP contribution in [0.1, 0.15) is 46.5 Å². The summed E-state index contributed by atoms with van der Waals surface area (Å²) in [5.74, 6) is 0.971. The fourth-order valence-electron chi connectivity index (χ4n) is 3.75. The van der Waals surface area contributed by atoms with E-state index in [1.807, 2.05) is 12.3 Å². The zero-order valence-electron chi connectivity index (χ0n) is 15.3. The molecule has 130 valence electrons. The van der Waals surface area contributed by atoms with Gasteiger partial charge in [-0.15, -0.1) is 0 Å². The molecule has 25 heavy (non-hydrogen) atoms. The second-order valence-electron chi connectivity index (χ2n) is 7.98. The highest BCUT2D eigenvalue weighted by atomic mass is 15.3. The smallest absolute Gasteiger partial charge is 0.137 e. The van der Waals surface area contributed by atoms with Crippen LogP contribution in [0.5, 0.6) is 0 Å². The van der Waals surface area contributed by atoms with Crippen LogP contribution in [0.15, 0.2) is 42.6 Å². The molecule has 1 aromatic carbocycles. The molecule has 1 N–H and O–H groups in total. The molecule has 4 nitrogen and oxygen atoms in total. The molecule has 0 bridgehead atoms. The molecule has 1 aliphatic rings. The molecule has 0 spiro atoms. The summed E-state index contributed by atoms with van der Waals surface area (Å²) in [6.45, 7) is 6.58. The van der Waals surface area contributed by atoms with Crippen molar-refractivity contribution in [2.75, 3.05) is 5.32 Å². The average molecular weight is 334 g/mol. The number of benzene rings is 1. The largest absolute Gasteiger partial charge is 0.367 e. The lowest BCUT2D eigenvalue weighted by molar-refractivity contribution is 0.369. The van der Waals surface area contributed by atoms with E-state index in [-0.39, 0.29) is 5.54 Å². The molecule has 0 aliphatic heterocycles. The lowest BCUT2D eigenvalue weighted by Crippen LogP contribution is -2.23. The molecule has 4 rings (SSSR count). The van der Waals surface area contributed by atoms with Crippen molar-refractivity contribution < 1.29 is 0 Å². The predicted molar refractivity (Wildman–Crippen MR) is 104 cm³/mol. The molecule has 1 aliphatic carbocycles. The summed E-state index contributed by atoms with van der Waals surface area (Å²) >= 11 is 0. The molecule has 0 amide bonds. The summed E-state index contributed by atoms with van der Waals surface area (Å²) in [6, 6.07) is 13.0. The second kappa shape index (κ2) is 6.17. The maximum absolute atomic E-state index is 5.00. The number of nitrogens with one attached hydrogen (secondary N) is 1. The number of fused-ring (bicyclic) bond motifs is 1. The van der Waals surface area contributed by atoms with Gasteiger partial charge in [0.25, 0.3) is 0 Å². The zero-order chi connectivity index (χ0) is 17.4. The standard InChI is InChI=1S/C21H26N4/c1-21(2,3)25-17-13-14-22-20(23-16-11-7-8-12-16)18(17)19(24-25)15-9-5-4-6-10-15/h4-6,9-10,13-14,16H,7-8,11-12H2,1-3H3,(H,22,23). The van der Waals surface area contributed by atoms with E-state index in [1.54, 1.807) is 0 Å². The van der Waals surface area contributed by atoms with Gasteiger partial charge in [0.15, 0.2) is 0 Å². The highest BCUT2D eigenvalue weighted by molar-refractivity contribution is 6.01. The van der Waals surface area contributed by atoms with E-state index in [4.69, 9.17) is 5.10 Å². The van der Waals surface area contributed by atoms with Crippen LogP contribution in [0, 0.1) is 0 Å². The van der Waals surface area contributed by atoms with Gasteiger partial charge in [0.2, 0.25) is 0 Å². The summed E-state index contributed by atoms with van der Waals surface area (Å²) in [5, 5.41) is 9.83. The Hall–Kier alpha value is -2.36. The van der Waals surface area contributed by atoms with Gasteiger partial charge in [-0.25, -0.2) is 4.98 Å². The highest BCUT2D eigenvalue weighted by Crippen LogP contribution is 2.36.